The van der Waals surface area contributed by atoms with E-state index in [1.54, 1.807) is 0 Å². The topological polar surface area (TPSA) is 17.1 Å². The predicted octanol–water partition coefficient (Wildman–Crippen LogP) is 5.52. The van der Waals surface area contributed by atoms with Crippen LogP contribution in [0.25, 0.3) is 0 Å². The molecular formula is C22H26O. The fourth-order valence-corrected chi connectivity index (χ4v) is 3.63. The highest BCUT2D eigenvalue weighted by Crippen LogP contribution is 2.44. The van der Waals surface area contributed by atoms with Crippen molar-refractivity contribution in [2.45, 2.75) is 57.8 Å². The van der Waals surface area contributed by atoms with E-state index >= 15 is 0 Å². The Hall–Kier alpha value is -1.89. The molecule has 0 aromatic heterocycles. The first-order chi connectivity index (χ1) is 10.9. The van der Waals surface area contributed by atoms with Gasteiger partial charge in [-0.3, -0.25) is 4.79 Å². The first-order valence-electron chi connectivity index (χ1n) is 8.56. The number of ketones is 1. The summed E-state index contributed by atoms with van der Waals surface area (Å²) < 4.78 is 0. The third-order valence-corrected chi connectivity index (χ3v) is 5.09. The van der Waals surface area contributed by atoms with Crippen LogP contribution in [0, 0.1) is 6.92 Å². The summed E-state index contributed by atoms with van der Waals surface area (Å²) >= 11 is 0. The standard InChI is InChI=1S/C22H26O/c1-15-5-7-16(8-6-15)19-13-14-20(23)21(19)17-9-11-18(12-10-17)22(2,3)4/h5-12,19,21H,13-14H2,1-4H3. The zero-order valence-electron chi connectivity index (χ0n) is 14.6. The van der Waals surface area contributed by atoms with Gasteiger partial charge in [-0.15, -0.1) is 0 Å². The minimum Gasteiger partial charge on any atom is -0.299 e. The highest BCUT2D eigenvalue weighted by molar-refractivity contribution is 5.89. The van der Waals surface area contributed by atoms with Gasteiger partial charge in [-0.25, -0.2) is 0 Å². The average Bonchev–Trinajstić information content (AvgIpc) is 2.89. The largest absolute Gasteiger partial charge is 0.299 e. The molecule has 0 saturated heterocycles. The second-order valence-corrected chi connectivity index (χ2v) is 7.87. The molecule has 0 N–H and O–H groups in total. The molecule has 0 amide bonds. The van der Waals surface area contributed by atoms with Crippen molar-refractivity contribution in [2.75, 3.05) is 0 Å². The van der Waals surface area contributed by atoms with Gasteiger partial charge in [0.05, 0.1) is 0 Å². The van der Waals surface area contributed by atoms with Crippen molar-refractivity contribution in [3.63, 3.8) is 0 Å². The molecule has 2 aromatic carbocycles. The maximum Gasteiger partial charge on any atom is 0.140 e. The molecule has 2 unspecified atom stereocenters. The Labute approximate surface area is 139 Å². The molecule has 0 bridgehead atoms. The van der Waals surface area contributed by atoms with Gasteiger partial charge in [0.15, 0.2) is 0 Å². The molecule has 0 aliphatic heterocycles. The van der Waals surface area contributed by atoms with Crippen molar-refractivity contribution in [3.8, 4) is 0 Å². The first kappa shape index (κ1) is 16.0. The Morgan fingerprint density at radius 3 is 2.00 bits per heavy atom. The van der Waals surface area contributed by atoms with Crippen molar-refractivity contribution in [3.05, 3.63) is 70.8 Å². The Balaban J connectivity index is 1.92. The van der Waals surface area contributed by atoms with Crippen LogP contribution in [-0.4, -0.2) is 5.78 Å². The molecule has 3 rings (SSSR count). The van der Waals surface area contributed by atoms with E-state index in [-0.39, 0.29) is 11.3 Å². The molecule has 1 aliphatic carbocycles. The van der Waals surface area contributed by atoms with Crippen LogP contribution < -0.4 is 0 Å². The molecule has 0 radical (unpaired) electrons. The van der Waals surface area contributed by atoms with Gasteiger partial charge in [-0.1, -0.05) is 74.9 Å². The summed E-state index contributed by atoms with van der Waals surface area (Å²) in [5.41, 5.74) is 5.20. The maximum absolute atomic E-state index is 12.5. The summed E-state index contributed by atoms with van der Waals surface area (Å²) in [7, 11) is 0. The molecule has 1 nitrogen and oxygen atoms in total. The Kier molecular flexibility index (Phi) is 4.14. The summed E-state index contributed by atoms with van der Waals surface area (Å²) in [6.45, 7) is 8.76. The summed E-state index contributed by atoms with van der Waals surface area (Å²) in [6.07, 6.45) is 1.66. The molecule has 1 fully saturated rings. The van der Waals surface area contributed by atoms with E-state index in [1.165, 1.54) is 22.3 Å². The number of hydrogen-bond acceptors (Lipinski definition) is 1. The lowest BCUT2D eigenvalue weighted by atomic mass is 9.81. The quantitative estimate of drug-likeness (QED) is 0.713. The van der Waals surface area contributed by atoms with Crippen LogP contribution in [0.2, 0.25) is 0 Å². The lowest BCUT2D eigenvalue weighted by molar-refractivity contribution is -0.118. The summed E-state index contributed by atoms with van der Waals surface area (Å²) in [6, 6.07) is 17.4. The fourth-order valence-electron chi connectivity index (χ4n) is 3.63. The Bertz CT molecular complexity index is 686. The minimum atomic E-state index is 0.0201. The van der Waals surface area contributed by atoms with Gasteiger partial charge in [0, 0.05) is 12.3 Å². The SMILES string of the molecule is Cc1ccc(C2CCC(=O)C2c2ccc(C(C)(C)C)cc2)cc1. The van der Waals surface area contributed by atoms with E-state index in [9.17, 15) is 4.79 Å². The van der Waals surface area contributed by atoms with Crippen molar-refractivity contribution < 1.29 is 4.79 Å². The number of Topliss-reactive ketones (excluding diaryl/α,β-unsaturated/α-hetero) is 1. The van der Waals surface area contributed by atoms with E-state index in [1.807, 2.05) is 0 Å². The zero-order chi connectivity index (χ0) is 16.6. The Morgan fingerprint density at radius 2 is 1.43 bits per heavy atom. The lowest BCUT2D eigenvalue weighted by Crippen LogP contribution is -2.14. The monoisotopic (exact) mass is 306 g/mol. The molecule has 23 heavy (non-hydrogen) atoms. The lowest BCUT2D eigenvalue weighted by Gasteiger charge is -2.22. The molecular weight excluding hydrogens is 280 g/mol. The first-order valence-corrected chi connectivity index (χ1v) is 8.56. The molecule has 1 heteroatoms. The third-order valence-electron chi connectivity index (χ3n) is 5.09. The van der Waals surface area contributed by atoms with Gasteiger partial charge in [-0.2, -0.15) is 0 Å². The van der Waals surface area contributed by atoms with Crippen LogP contribution >= 0.6 is 0 Å². The van der Waals surface area contributed by atoms with Crippen molar-refractivity contribution in [2.24, 2.45) is 0 Å². The Morgan fingerprint density at radius 1 is 0.870 bits per heavy atom. The average molecular weight is 306 g/mol. The normalized spacial score (nSPS) is 21.7. The van der Waals surface area contributed by atoms with Crippen LogP contribution in [0.4, 0.5) is 0 Å². The number of hydrogen-bond donors (Lipinski definition) is 0. The summed E-state index contributed by atoms with van der Waals surface area (Å²) in [5, 5.41) is 0. The van der Waals surface area contributed by atoms with Crippen molar-refractivity contribution >= 4 is 5.78 Å². The number of benzene rings is 2. The highest BCUT2D eigenvalue weighted by Gasteiger charge is 2.36. The molecule has 1 saturated carbocycles. The summed E-state index contributed by atoms with van der Waals surface area (Å²) in [5.74, 6) is 0.731. The maximum atomic E-state index is 12.5. The van der Waals surface area contributed by atoms with E-state index in [0.29, 0.717) is 18.1 Å². The zero-order valence-corrected chi connectivity index (χ0v) is 14.6. The highest BCUT2D eigenvalue weighted by atomic mass is 16.1. The van der Waals surface area contributed by atoms with Crippen LogP contribution in [-0.2, 0) is 10.2 Å². The fraction of sp³-hybridized carbons (Fsp3) is 0.409. The smallest absolute Gasteiger partial charge is 0.140 e. The van der Waals surface area contributed by atoms with Gasteiger partial charge in [0.2, 0.25) is 0 Å². The molecule has 0 heterocycles. The summed E-state index contributed by atoms with van der Waals surface area (Å²) in [4.78, 5) is 12.5. The van der Waals surface area contributed by atoms with E-state index < -0.39 is 0 Å². The third kappa shape index (κ3) is 3.24. The molecule has 120 valence electrons. The van der Waals surface area contributed by atoms with E-state index in [0.717, 1.165) is 6.42 Å². The van der Waals surface area contributed by atoms with Crippen molar-refractivity contribution in [1.29, 1.82) is 0 Å². The van der Waals surface area contributed by atoms with Crippen LogP contribution in [0.3, 0.4) is 0 Å². The molecule has 2 atom stereocenters. The van der Waals surface area contributed by atoms with Gasteiger partial charge >= 0.3 is 0 Å². The second kappa shape index (κ2) is 5.96. The van der Waals surface area contributed by atoms with Crippen LogP contribution in [0.15, 0.2) is 48.5 Å². The predicted molar refractivity (Wildman–Crippen MR) is 96.0 cm³/mol. The second-order valence-electron chi connectivity index (χ2n) is 7.87. The number of carbonyl (C=O) groups excluding carboxylic acids is 1. The van der Waals surface area contributed by atoms with E-state index in [4.69, 9.17) is 0 Å². The number of aryl methyl sites for hydroxylation is 1. The van der Waals surface area contributed by atoms with Gasteiger partial charge in [0.25, 0.3) is 0 Å². The van der Waals surface area contributed by atoms with Crippen molar-refractivity contribution in [1.82, 2.24) is 0 Å². The molecule has 0 spiro atoms. The van der Waals surface area contributed by atoms with Crippen LogP contribution in [0.5, 0.6) is 0 Å². The number of carbonyl (C=O) groups is 1. The van der Waals surface area contributed by atoms with E-state index in [2.05, 4.69) is 76.2 Å². The molecule has 2 aromatic rings. The minimum absolute atomic E-state index is 0.0201. The van der Waals surface area contributed by atoms with Gasteiger partial charge in [-0.05, 0) is 41.4 Å². The van der Waals surface area contributed by atoms with Crippen LogP contribution in [0.1, 0.15) is 67.7 Å². The van der Waals surface area contributed by atoms with Gasteiger partial charge < -0.3 is 0 Å². The van der Waals surface area contributed by atoms with Gasteiger partial charge in [0.1, 0.15) is 5.78 Å². The molecule has 1 aliphatic rings. The number of rotatable bonds is 2.